The van der Waals surface area contributed by atoms with Gasteiger partial charge in [-0.25, -0.2) is 0 Å². The molecule has 0 spiro atoms. The minimum absolute atomic E-state index is 1.23. The van der Waals surface area contributed by atoms with Crippen LogP contribution in [0.1, 0.15) is 0 Å². The van der Waals surface area contributed by atoms with E-state index >= 15 is 0 Å². The average molecular weight is 557 g/mol. The Morgan fingerprint density at radius 2 is 0.500 bits per heavy atom. The molecule has 204 valence electrons. The van der Waals surface area contributed by atoms with Gasteiger partial charge < -0.3 is 0 Å². The molecule has 0 heterocycles. The molecule has 9 aromatic rings. The number of hydrogen-bond donors (Lipinski definition) is 0. The van der Waals surface area contributed by atoms with Crippen LogP contribution in [-0.2, 0) is 0 Å². The van der Waals surface area contributed by atoms with E-state index in [2.05, 4.69) is 170 Å². The molecule has 0 unspecified atom stereocenters. The van der Waals surface area contributed by atoms with E-state index in [4.69, 9.17) is 0 Å². The zero-order chi connectivity index (χ0) is 29.0. The largest absolute Gasteiger partial charge is 0.0622 e. The van der Waals surface area contributed by atoms with Crippen LogP contribution in [0, 0.1) is 0 Å². The van der Waals surface area contributed by atoms with Gasteiger partial charge in [0.2, 0.25) is 0 Å². The standard InChI is InChI=1S/C44H28/c1-2-12-29(13-3-1)30-22-24-31(25-23-30)43-38-18-8-10-20-40(38)44(41-21-11-9-19-39(41)43)32-26-27-37-35-16-5-4-14-33(35)34-15-6-7-17-36(34)42(37)28-32/h1-28H. The molecule has 0 aromatic heterocycles. The van der Waals surface area contributed by atoms with E-state index in [0.717, 1.165) is 0 Å². The molecule has 0 fully saturated rings. The van der Waals surface area contributed by atoms with Crippen molar-refractivity contribution in [1.82, 2.24) is 0 Å². The minimum Gasteiger partial charge on any atom is -0.0622 e. The SMILES string of the molecule is c1ccc(-c2ccc(-c3c4ccccc4c(-c4ccc5c6ccccc6c6ccccc6c5c4)c4ccccc34)cc2)cc1. The number of benzene rings is 9. The van der Waals surface area contributed by atoms with Gasteiger partial charge in [-0.15, -0.1) is 0 Å². The van der Waals surface area contributed by atoms with Crippen molar-refractivity contribution in [3.05, 3.63) is 170 Å². The van der Waals surface area contributed by atoms with Gasteiger partial charge in [-0.05, 0) is 93.3 Å². The predicted octanol–water partition coefficient (Wildman–Crippen LogP) is 12.5. The van der Waals surface area contributed by atoms with Crippen LogP contribution in [0.5, 0.6) is 0 Å². The summed E-state index contributed by atoms with van der Waals surface area (Å²) in [5.41, 5.74) is 7.53. The molecule has 44 heavy (non-hydrogen) atoms. The third-order valence-corrected chi connectivity index (χ3v) is 9.25. The Bertz CT molecular complexity index is 2430. The average Bonchev–Trinajstić information content (AvgIpc) is 3.11. The fourth-order valence-electron chi connectivity index (χ4n) is 7.27. The summed E-state index contributed by atoms with van der Waals surface area (Å²) in [6.45, 7) is 0. The third-order valence-electron chi connectivity index (χ3n) is 9.25. The zero-order valence-electron chi connectivity index (χ0n) is 24.2. The molecule has 0 heteroatoms. The smallest absolute Gasteiger partial charge is 0.00261 e. The van der Waals surface area contributed by atoms with Gasteiger partial charge in [-0.3, -0.25) is 0 Å². The van der Waals surface area contributed by atoms with Crippen LogP contribution in [-0.4, -0.2) is 0 Å². The molecule has 0 atom stereocenters. The van der Waals surface area contributed by atoms with E-state index in [1.54, 1.807) is 0 Å². The summed E-state index contributed by atoms with van der Waals surface area (Å²) in [7, 11) is 0. The Labute approximate surface area is 256 Å². The quantitative estimate of drug-likeness (QED) is 0.150. The first-order chi connectivity index (χ1) is 21.8. The van der Waals surface area contributed by atoms with Gasteiger partial charge in [0.15, 0.2) is 0 Å². The summed E-state index contributed by atoms with van der Waals surface area (Å²) >= 11 is 0. The lowest BCUT2D eigenvalue weighted by Gasteiger charge is -2.19. The van der Waals surface area contributed by atoms with Crippen molar-refractivity contribution in [3.8, 4) is 33.4 Å². The highest BCUT2D eigenvalue weighted by molar-refractivity contribution is 6.27. The summed E-state index contributed by atoms with van der Waals surface area (Å²) in [6, 6.07) is 62.2. The molecule has 9 rings (SSSR count). The van der Waals surface area contributed by atoms with Crippen LogP contribution in [0.25, 0.3) is 87.2 Å². The maximum absolute atomic E-state index is 2.42. The Balaban J connectivity index is 1.33. The first kappa shape index (κ1) is 24.8. The van der Waals surface area contributed by atoms with Crippen molar-refractivity contribution in [2.24, 2.45) is 0 Å². The van der Waals surface area contributed by atoms with Crippen molar-refractivity contribution in [3.63, 3.8) is 0 Å². The summed E-state index contributed by atoms with van der Waals surface area (Å²) in [5, 5.41) is 12.9. The maximum atomic E-state index is 2.42. The molecular formula is C44H28. The molecule has 0 amide bonds. The van der Waals surface area contributed by atoms with Crippen molar-refractivity contribution in [2.45, 2.75) is 0 Å². The highest BCUT2D eigenvalue weighted by atomic mass is 14.2. The van der Waals surface area contributed by atoms with Gasteiger partial charge >= 0.3 is 0 Å². The Kier molecular flexibility index (Phi) is 5.61. The van der Waals surface area contributed by atoms with E-state index < -0.39 is 0 Å². The van der Waals surface area contributed by atoms with E-state index in [0.29, 0.717) is 0 Å². The maximum Gasteiger partial charge on any atom is -0.00261 e. The lowest BCUT2D eigenvalue weighted by Crippen LogP contribution is -1.91. The van der Waals surface area contributed by atoms with Crippen molar-refractivity contribution >= 4 is 53.9 Å². The molecule has 0 N–H and O–H groups in total. The van der Waals surface area contributed by atoms with Gasteiger partial charge in [-0.1, -0.05) is 164 Å². The molecule has 0 radical (unpaired) electrons. The molecule has 9 aromatic carbocycles. The fourth-order valence-corrected chi connectivity index (χ4v) is 7.27. The van der Waals surface area contributed by atoms with Crippen LogP contribution in [0.2, 0.25) is 0 Å². The highest BCUT2D eigenvalue weighted by Crippen LogP contribution is 2.45. The summed E-state index contributed by atoms with van der Waals surface area (Å²) in [4.78, 5) is 0. The molecule has 0 aliphatic carbocycles. The lowest BCUT2D eigenvalue weighted by molar-refractivity contribution is 1.61. The Morgan fingerprint density at radius 3 is 1.00 bits per heavy atom. The normalized spacial score (nSPS) is 11.6. The van der Waals surface area contributed by atoms with Gasteiger partial charge in [0.1, 0.15) is 0 Å². The first-order valence-electron chi connectivity index (χ1n) is 15.3. The number of hydrogen-bond acceptors (Lipinski definition) is 0. The first-order valence-corrected chi connectivity index (χ1v) is 15.3. The van der Waals surface area contributed by atoms with E-state index in [1.165, 1.54) is 87.2 Å². The molecule has 0 bridgehead atoms. The fraction of sp³-hybridized carbons (Fsp3) is 0. The molecular weight excluding hydrogens is 528 g/mol. The van der Waals surface area contributed by atoms with Crippen molar-refractivity contribution in [1.29, 1.82) is 0 Å². The molecule has 0 aliphatic rings. The monoisotopic (exact) mass is 556 g/mol. The van der Waals surface area contributed by atoms with Gasteiger partial charge in [0.25, 0.3) is 0 Å². The van der Waals surface area contributed by atoms with E-state index in [1.807, 2.05) is 0 Å². The number of fused-ring (bicyclic) bond motifs is 8. The molecule has 0 nitrogen and oxygen atoms in total. The summed E-state index contributed by atoms with van der Waals surface area (Å²) in [6.07, 6.45) is 0. The molecule has 0 saturated heterocycles. The van der Waals surface area contributed by atoms with Crippen molar-refractivity contribution < 1.29 is 0 Å². The van der Waals surface area contributed by atoms with Gasteiger partial charge in [0, 0.05) is 0 Å². The van der Waals surface area contributed by atoms with Crippen LogP contribution < -0.4 is 0 Å². The van der Waals surface area contributed by atoms with Crippen molar-refractivity contribution in [2.75, 3.05) is 0 Å². The second kappa shape index (κ2) is 9.93. The van der Waals surface area contributed by atoms with E-state index in [-0.39, 0.29) is 0 Å². The molecule has 0 aliphatic heterocycles. The van der Waals surface area contributed by atoms with E-state index in [9.17, 15) is 0 Å². The predicted molar refractivity (Wildman–Crippen MR) is 190 cm³/mol. The second-order valence-electron chi connectivity index (χ2n) is 11.6. The van der Waals surface area contributed by atoms with Gasteiger partial charge in [-0.2, -0.15) is 0 Å². The van der Waals surface area contributed by atoms with Crippen LogP contribution in [0.4, 0.5) is 0 Å². The number of rotatable bonds is 3. The Hall–Kier alpha value is -5.72. The van der Waals surface area contributed by atoms with Crippen LogP contribution in [0.15, 0.2) is 170 Å². The topological polar surface area (TPSA) is 0 Å². The molecule has 0 saturated carbocycles. The lowest BCUT2D eigenvalue weighted by atomic mass is 9.84. The van der Waals surface area contributed by atoms with Crippen LogP contribution >= 0.6 is 0 Å². The highest BCUT2D eigenvalue weighted by Gasteiger charge is 2.18. The second-order valence-corrected chi connectivity index (χ2v) is 11.6. The summed E-state index contributed by atoms with van der Waals surface area (Å²) < 4.78 is 0. The summed E-state index contributed by atoms with van der Waals surface area (Å²) in [5.74, 6) is 0. The Morgan fingerprint density at radius 1 is 0.182 bits per heavy atom. The van der Waals surface area contributed by atoms with Crippen LogP contribution in [0.3, 0.4) is 0 Å². The zero-order valence-corrected chi connectivity index (χ0v) is 24.2. The third kappa shape index (κ3) is 3.78. The minimum atomic E-state index is 1.23. The van der Waals surface area contributed by atoms with Gasteiger partial charge in [0.05, 0.1) is 0 Å².